The lowest BCUT2D eigenvalue weighted by atomic mass is 9.99. The van der Waals surface area contributed by atoms with Crippen molar-refractivity contribution >= 4 is 23.3 Å². The van der Waals surface area contributed by atoms with Crippen LogP contribution in [0.2, 0.25) is 0 Å². The highest BCUT2D eigenvalue weighted by Crippen LogP contribution is 2.33. The summed E-state index contributed by atoms with van der Waals surface area (Å²) >= 11 is 0. The number of ether oxygens (including phenoxy) is 2. The summed E-state index contributed by atoms with van der Waals surface area (Å²) in [6.45, 7) is 3.72. The van der Waals surface area contributed by atoms with Crippen molar-refractivity contribution < 1.29 is 28.2 Å². The molecule has 0 bridgehead atoms. The standard InChI is InChI=1S/C26H29FN2O5/c1-18-10-13-28(14-11-18)25(31)7-4-12-29-21-15-19(8-9-24(21)34-17-26(29)32)22(30)16-33-23-6-3-2-5-20(23)27/h2-3,5-6,8-9,15,18H,4,7,10-14,16-17H2,1H3. The first kappa shape index (κ1) is 23.7. The molecule has 2 heterocycles. The Morgan fingerprint density at radius 3 is 2.68 bits per heavy atom. The largest absolute Gasteiger partial charge is 0.482 e. The lowest BCUT2D eigenvalue weighted by Gasteiger charge is -2.31. The van der Waals surface area contributed by atoms with Gasteiger partial charge in [-0.25, -0.2) is 4.39 Å². The molecule has 1 saturated heterocycles. The zero-order chi connectivity index (χ0) is 24.1. The Morgan fingerprint density at radius 2 is 1.91 bits per heavy atom. The van der Waals surface area contributed by atoms with Crippen LogP contribution in [0.4, 0.5) is 10.1 Å². The number of halogens is 1. The molecular weight excluding hydrogens is 439 g/mol. The Labute approximate surface area is 198 Å². The number of ketones is 1. The molecule has 0 atom stereocenters. The number of nitrogens with zero attached hydrogens (tertiary/aromatic N) is 2. The number of carbonyl (C=O) groups is 3. The van der Waals surface area contributed by atoms with Crippen LogP contribution in [0.5, 0.6) is 11.5 Å². The topological polar surface area (TPSA) is 76.2 Å². The van der Waals surface area contributed by atoms with Crippen LogP contribution in [0.15, 0.2) is 42.5 Å². The molecule has 4 rings (SSSR count). The summed E-state index contributed by atoms with van der Waals surface area (Å²) in [4.78, 5) is 41.2. The number of Topliss-reactive ketones (excluding diaryl/α,β-unsaturated/α-hetero) is 1. The molecule has 2 aliphatic rings. The van der Waals surface area contributed by atoms with Crippen molar-refractivity contribution in [3.05, 3.63) is 53.8 Å². The summed E-state index contributed by atoms with van der Waals surface area (Å²) in [5.74, 6) is 0.156. The fourth-order valence-corrected chi connectivity index (χ4v) is 4.21. The molecule has 2 aliphatic heterocycles. The van der Waals surface area contributed by atoms with Gasteiger partial charge in [0.15, 0.2) is 30.6 Å². The van der Waals surface area contributed by atoms with Gasteiger partial charge < -0.3 is 19.3 Å². The third kappa shape index (κ3) is 5.55. The van der Waals surface area contributed by atoms with Crippen molar-refractivity contribution in [3.63, 3.8) is 0 Å². The quantitative estimate of drug-likeness (QED) is 0.550. The summed E-state index contributed by atoms with van der Waals surface area (Å²) in [7, 11) is 0. The normalized spacial score (nSPS) is 16.1. The van der Waals surface area contributed by atoms with E-state index in [-0.39, 0.29) is 36.6 Å². The van der Waals surface area contributed by atoms with Gasteiger partial charge in [0.25, 0.3) is 5.91 Å². The van der Waals surface area contributed by atoms with Gasteiger partial charge >= 0.3 is 0 Å². The molecule has 0 aromatic heterocycles. The number of rotatable bonds is 8. The predicted molar refractivity (Wildman–Crippen MR) is 125 cm³/mol. The number of anilines is 1. The first-order chi connectivity index (χ1) is 16.4. The zero-order valence-corrected chi connectivity index (χ0v) is 19.3. The Balaban J connectivity index is 1.38. The van der Waals surface area contributed by atoms with E-state index in [1.54, 1.807) is 35.2 Å². The van der Waals surface area contributed by atoms with E-state index in [4.69, 9.17) is 9.47 Å². The molecule has 1 fully saturated rings. The number of hydrogen-bond acceptors (Lipinski definition) is 5. The van der Waals surface area contributed by atoms with Gasteiger partial charge in [0.1, 0.15) is 5.75 Å². The molecule has 0 spiro atoms. The summed E-state index contributed by atoms with van der Waals surface area (Å²) in [5.41, 5.74) is 0.823. The van der Waals surface area contributed by atoms with Crippen molar-refractivity contribution in [2.45, 2.75) is 32.6 Å². The van der Waals surface area contributed by atoms with Crippen LogP contribution in [-0.4, -0.2) is 55.3 Å². The van der Waals surface area contributed by atoms with Gasteiger partial charge in [0.05, 0.1) is 5.69 Å². The minimum absolute atomic E-state index is 0.00165. The maximum Gasteiger partial charge on any atom is 0.265 e. The molecule has 7 nitrogen and oxygen atoms in total. The van der Waals surface area contributed by atoms with Crippen LogP contribution in [0, 0.1) is 11.7 Å². The van der Waals surface area contributed by atoms with E-state index in [9.17, 15) is 18.8 Å². The molecule has 2 aromatic rings. The Bertz CT molecular complexity index is 1060. The van der Waals surface area contributed by atoms with Gasteiger partial charge in [0, 0.05) is 31.6 Å². The third-order valence-electron chi connectivity index (χ3n) is 6.33. The smallest absolute Gasteiger partial charge is 0.265 e. The fraction of sp³-hybridized carbons (Fsp3) is 0.423. The lowest BCUT2D eigenvalue weighted by Crippen LogP contribution is -2.41. The first-order valence-electron chi connectivity index (χ1n) is 11.7. The number of amides is 2. The molecule has 0 aliphatic carbocycles. The molecule has 34 heavy (non-hydrogen) atoms. The van der Waals surface area contributed by atoms with Crippen LogP contribution >= 0.6 is 0 Å². The molecule has 2 amide bonds. The summed E-state index contributed by atoms with van der Waals surface area (Å²) < 4.78 is 24.6. The Hall–Kier alpha value is -3.42. The molecule has 0 saturated carbocycles. The predicted octanol–water partition coefficient (Wildman–Crippen LogP) is 3.85. The summed E-state index contributed by atoms with van der Waals surface area (Å²) in [6.07, 6.45) is 2.94. The Morgan fingerprint density at radius 1 is 1.15 bits per heavy atom. The maximum absolute atomic E-state index is 13.7. The third-order valence-corrected chi connectivity index (χ3v) is 6.33. The van der Waals surface area contributed by atoms with E-state index < -0.39 is 5.82 Å². The number of hydrogen-bond donors (Lipinski definition) is 0. The van der Waals surface area contributed by atoms with Crippen molar-refractivity contribution in [1.29, 1.82) is 0 Å². The van der Waals surface area contributed by atoms with Gasteiger partial charge in [-0.2, -0.15) is 0 Å². The monoisotopic (exact) mass is 468 g/mol. The van der Waals surface area contributed by atoms with Crippen molar-refractivity contribution in [3.8, 4) is 11.5 Å². The highest BCUT2D eigenvalue weighted by Gasteiger charge is 2.27. The van der Waals surface area contributed by atoms with E-state index in [1.165, 1.54) is 12.1 Å². The molecule has 0 unspecified atom stereocenters. The van der Waals surface area contributed by atoms with Crippen molar-refractivity contribution in [2.24, 2.45) is 5.92 Å². The first-order valence-corrected chi connectivity index (χ1v) is 11.7. The number of fused-ring (bicyclic) bond motifs is 1. The van der Waals surface area contributed by atoms with Crippen LogP contribution in [0.25, 0.3) is 0 Å². The average Bonchev–Trinajstić information content (AvgIpc) is 2.84. The van der Waals surface area contributed by atoms with E-state index in [1.807, 2.05) is 4.90 Å². The number of carbonyl (C=O) groups excluding carboxylic acids is 3. The number of para-hydroxylation sites is 1. The van der Waals surface area contributed by atoms with Crippen LogP contribution in [0.1, 0.15) is 43.0 Å². The average molecular weight is 469 g/mol. The van der Waals surface area contributed by atoms with Gasteiger partial charge in [-0.05, 0) is 55.5 Å². The SMILES string of the molecule is CC1CCN(C(=O)CCCN2C(=O)COc3ccc(C(=O)COc4ccccc4F)cc32)CC1. The van der Waals surface area contributed by atoms with Crippen LogP contribution < -0.4 is 14.4 Å². The zero-order valence-electron chi connectivity index (χ0n) is 19.3. The molecule has 0 radical (unpaired) electrons. The molecule has 180 valence electrons. The number of likely N-dealkylation sites (tertiary alicyclic amines) is 1. The number of benzene rings is 2. The number of piperidine rings is 1. The molecule has 0 N–H and O–H groups in total. The van der Waals surface area contributed by atoms with Crippen molar-refractivity contribution in [1.82, 2.24) is 4.90 Å². The van der Waals surface area contributed by atoms with E-state index in [0.29, 0.717) is 42.3 Å². The fourth-order valence-electron chi connectivity index (χ4n) is 4.21. The van der Waals surface area contributed by atoms with Gasteiger partial charge in [0.2, 0.25) is 5.91 Å². The van der Waals surface area contributed by atoms with Crippen LogP contribution in [0.3, 0.4) is 0 Å². The molecule has 2 aromatic carbocycles. The lowest BCUT2D eigenvalue weighted by molar-refractivity contribution is -0.132. The van der Waals surface area contributed by atoms with Crippen molar-refractivity contribution in [2.75, 3.05) is 37.7 Å². The van der Waals surface area contributed by atoms with Gasteiger partial charge in [-0.1, -0.05) is 19.1 Å². The summed E-state index contributed by atoms with van der Waals surface area (Å²) in [5, 5.41) is 0. The van der Waals surface area contributed by atoms with E-state index >= 15 is 0 Å². The highest BCUT2D eigenvalue weighted by atomic mass is 19.1. The second-order valence-corrected chi connectivity index (χ2v) is 8.83. The van der Waals surface area contributed by atoms with E-state index in [2.05, 4.69) is 6.92 Å². The molecular formula is C26H29FN2O5. The van der Waals surface area contributed by atoms with Gasteiger partial charge in [-0.3, -0.25) is 14.4 Å². The summed E-state index contributed by atoms with van der Waals surface area (Å²) in [6, 6.07) is 10.7. The highest BCUT2D eigenvalue weighted by molar-refractivity contribution is 6.02. The maximum atomic E-state index is 13.7. The Kier molecular flexibility index (Phi) is 7.45. The second kappa shape index (κ2) is 10.7. The minimum Gasteiger partial charge on any atom is -0.482 e. The molecule has 8 heteroatoms. The van der Waals surface area contributed by atoms with Crippen LogP contribution in [-0.2, 0) is 9.59 Å². The second-order valence-electron chi connectivity index (χ2n) is 8.83. The minimum atomic E-state index is -0.542. The van der Waals surface area contributed by atoms with Gasteiger partial charge in [-0.15, -0.1) is 0 Å². The van der Waals surface area contributed by atoms with E-state index in [0.717, 1.165) is 25.9 Å².